The van der Waals surface area contributed by atoms with Crippen LogP contribution < -0.4 is 5.73 Å². The molecule has 76 valence electrons. The molecule has 0 aromatic carbocycles. The van der Waals surface area contributed by atoms with Gasteiger partial charge in [-0.1, -0.05) is 0 Å². The minimum Gasteiger partial charge on any atom is -0.487 e. The van der Waals surface area contributed by atoms with E-state index in [-0.39, 0.29) is 11.3 Å². The molecule has 1 fully saturated rings. The molecule has 5 nitrogen and oxygen atoms in total. The number of hydrogen-bond donors (Lipinski definition) is 1. The molecule has 0 aromatic heterocycles. The highest BCUT2D eigenvalue weighted by Gasteiger charge is 2.47. The lowest BCUT2D eigenvalue weighted by Crippen LogP contribution is -2.42. The number of allylic oxidation sites excluding steroid dienone is 1. The Morgan fingerprint density at radius 3 is 2.27 bits per heavy atom. The molecule has 1 rings (SSSR count). The quantitative estimate of drug-likeness (QED) is 0.577. The number of hydrogen-bond acceptors (Lipinski definition) is 5. The number of nitrogens with two attached hydrogens (primary N) is 1. The summed E-state index contributed by atoms with van der Waals surface area (Å²) in [4.78, 5) is 0. The van der Waals surface area contributed by atoms with Crippen LogP contribution in [-0.4, -0.2) is 11.6 Å². The fraction of sp³-hybridized carbons (Fsp3) is 0.500. The lowest BCUT2D eigenvalue weighted by Gasteiger charge is -2.22. The van der Waals surface area contributed by atoms with Crippen LogP contribution >= 0.6 is 0 Å². The van der Waals surface area contributed by atoms with Crippen molar-refractivity contribution in [2.45, 2.75) is 25.5 Å². The molecule has 2 N–H and O–H groups in total. The van der Waals surface area contributed by atoms with E-state index < -0.39 is 17.6 Å². The highest BCUT2D eigenvalue weighted by atomic mass is 16.5. The summed E-state index contributed by atoms with van der Waals surface area (Å²) in [7, 11) is 0. The van der Waals surface area contributed by atoms with Crippen molar-refractivity contribution in [3.05, 3.63) is 11.3 Å². The molecule has 0 amide bonds. The largest absolute Gasteiger partial charge is 0.487 e. The first-order chi connectivity index (χ1) is 6.97. The van der Waals surface area contributed by atoms with Gasteiger partial charge in [-0.15, -0.1) is 0 Å². The van der Waals surface area contributed by atoms with Crippen molar-refractivity contribution < 1.29 is 4.74 Å². The molecular formula is C10H10N4O. The number of nitriles is 3. The smallest absolute Gasteiger partial charge is 0.168 e. The van der Waals surface area contributed by atoms with Gasteiger partial charge in [0.1, 0.15) is 29.4 Å². The summed E-state index contributed by atoms with van der Waals surface area (Å²) in [6.07, 6.45) is 0. The normalized spacial score (nSPS) is 27.1. The molecule has 2 atom stereocenters. The summed E-state index contributed by atoms with van der Waals surface area (Å²) in [5, 5.41) is 26.3. The minimum atomic E-state index is -0.728. The average Bonchev–Trinajstić information content (AvgIpc) is 2.40. The molecule has 1 heterocycles. The second kappa shape index (κ2) is 3.61. The van der Waals surface area contributed by atoms with Crippen molar-refractivity contribution >= 4 is 0 Å². The molecule has 0 aliphatic carbocycles. The second-order valence-corrected chi connectivity index (χ2v) is 3.80. The monoisotopic (exact) mass is 202 g/mol. The first kappa shape index (κ1) is 11.0. The van der Waals surface area contributed by atoms with Gasteiger partial charge in [-0.05, 0) is 13.8 Å². The van der Waals surface area contributed by atoms with Crippen LogP contribution in [0, 0.1) is 39.9 Å². The average molecular weight is 202 g/mol. The highest BCUT2D eigenvalue weighted by Crippen LogP contribution is 2.37. The minimum absolute atomic E-state index is 0.0972. The van der Waals surface area contributed by atoms with Crippen molar-refractivity contribution in [3.63, 3.8) is 0 Å². The van der Waals surface area contributed by atoms with Crippen LogP contribution in [-0.2, 0) is 4.74 Å². The van der Waals surface area contributed by atoms with Gasteiger partial charge >= 0.3 is 0 Å². The summed E-state index contributed by atoms with van der Waals surface area (Å²) in [6.45, 7) is 3.45. The van der Waals surface area contributed by atoms with Crippen LogP contribution in [0.1, 0.15) is 13.8 Å². The van der Waals surface area contributed by atoms with Gasteiger partial charge in [0.25, 0.3) is 0 Å². The van der Waals surface area contributed by atoms with E-state index >= 15 is 0 Å². The van der Waals surface area contributed by atoms with Crippen LogP contribution in [0.5, 0.6) is 0 Å². The van der Waals surface area contributed by atoms with Gasteiger partial charge < -0.3 is 10.5 Å². The molecule has 2 unspecified atom stereocenters. The van der Waals surface area contributed by atoms with Gasteiger partial charge in [0.2, 0.25) is 0 Å². The summed E-state index contributed by atoms with van der Waals surface area (Å²) in [5.74, 6) is -0.630. The highest BCUT2D eigenvalue weighted by molar-refractivity contribution is 5.42. The van der Waals surface area contributed by atoms with E-state index in [0.717, 1.165) is 0 Å². The summed E-state index contributed by atoms with van der Waals surface area (Å²) in [6, 6.07) is 4.83. The van der Waals surface area contributed by atoms with Gasteiger partial charge in [-0.2, -0.15) is 15.8 Å². The molecule has 1 aliphatic heterocycles. The molecule has 0 aromatic rings. The summed E-state index contributed by atoms with van der Waals surface area (Å²) in [5.41, 5.74) is 4.90. The van der Waals surface area contributed by atoms with E-state index in [9.17, 15) is 0 Å². The molecule has 1 aliphatic rings. The fourth-order valence-electron chi connectivity index (χ4n) is 1.46. The number of nitrogens with zero attached hydrogens (tertiary/aromatic N) is 3. The van der Waals surface area contributed by atoms with Crippen molar-refractivity contribution in [1.82, 2.24) is 0 Å². The zero-order valence-corrected chi connectivity index (χ0v) is 8.48. The van der Waals surface area contributed by atoms with E-state index in [0.29, 0.717) is 0 Å². The Labute approximate surface area is 88.0 Å². The fourth-order valence-corrected chi connectivity index (χ4v) is 1.46. The maximum absolute atomic E-state index is 8.92. The maximum Gasteiger partial charge on any atom is 0.168 e. The van der Waals surface area contributed by atoms with E-state index in [4.69, 9.17) is 26.3 Å². The van der Waals surface area contributed by atoms with Gasteiger partial charge in [0.15, 0.2) is 5.57 Å². The van der Waals surface area contributed by atoms with Crippen LogP contribution in [0.25, 0.3) is 0 Å². The van der Waals surface area contributed by atoms with E-state index in [1.165, 1.54) is 0 Å². The Morgan fingerprint density at radius 2 is 1.87 bits per heavy atom. The molecule has 0 spiro atoms. The lowest BCUT2D eigenvalue weighted by atomic mass is 9.90. The zero-order chi connectivity index (χ0) is 11.6. The van der Waals surface area contributed by atoms with Gasteiger partial charge in [-0.25, -0.2) is 0 Å². The summed E-state index contributed by atoms with van der Waals surface area (Å²) >= 11 is 0. The maximum atomic E-state index is 8.92. The molecule has 0 saturated carbocycles. The van der Waals surface area contributed by atoms with E-state index in [1.807, 2.05) is 6.07 Å². The Kier molecular flexibility index (Phi) is 2.66. The Bertz CT molecular complexity index is 414. The van der Waals surface area contributed by atoms with Crippen LogP contribution in [0.15, 0.2) is 11.3 Å². The topological polar surface area (TPSA) is 107 Å². The third-order valence-corrected chi connectivity index (χ3v) is 2.43. The van der Waals surface area contributed by atoms with Gasteiger partial charge in [-0.3, -0.25) is 0 Å². The Hall–Kier alpha value is -2.03. The molecule has 0 radical (unpaired) electrons. The zero-order valence-electron chi connectivity index (χ0n) is 8.48. The second-order valence-electron chi connectivity index (χ2n) is 3.80. The lowest BCUT2D eigenvalue weighted by molar-refractivity contribution is 0.0644. The van der Waals surface area contributed by atoms with Crippen molar-refractivity contribution in [3.8, 4) is 18.2 Å². The molecule has 1 saturated heterocycles. The summed E-state index contributed by atoms with van der Waals surface area (Å²) < 4.78 is 5.40. The van der Waals surface area contributed by atoms with Crippen LogP contribution in [0.2, 0.25) is 0 Å². The number of rotatable bonds is 0. The van der Waals surface area contributed by atoms with Gasteiger partial charge in [0, 0.05) is 0 Å². The van der Waals surface area contributed by atoms with Crippen LogP contribution in [0.4, 0.5) is 0 Å². The van der Waals surface area contributed by atoms with Crippen molar-refractivity contribution in [1.29, 1.82) is 15.8 Å². The third kappa shape index (κ3) is 1.64. The number of ether oxygens (including phenoxy) is 1. The SMILES string of the molecule is CC1(C)OC(=C(C#N)C#N)C(C#N)C1N. The molecule has 15 heavy (non-hydrogen) atoms. The van der Waals surface area contributed by atoms with Crippen molar-refractivity contribution in [2.75, 3.05) is 0 Å². The Morgan fingerprint density at radius 1 is 1.33 bits per heavy atom. The first-order valence-electron chi connectivity index (χ1n) is 4.36. The molecule has 5 heteroatoms. The predicted molar refractivity (Wildman–Crippen MR) is 50.5 cm³/mol. The van der Waals surface area contributed by atoms with E-state index in [1.54, 1.807) is 26.0 Å². The van der Waals surface area contributed by atoms with Gasteiger partial charge in [0.05, 0.1) is 12.1 Å². The molecule has 0 bridgehead atoms. The third-order valence-electron chi connectivity index (χ3n) is 2.43. The first-order valence-corrected chi connectivity index (χ1v) is 4.36. The Balaban J connectivity index is 3.28. The van der Waals surface area contributed by atoms with Crippen molar-refractivity contribution in [2.24, 2.45) is 11.7 Å². The van der Waals surface area contributed by atoms with Crippen LogP contribution in [0.3, 0.4) is 0 Å². The predicted octanol–water partition coefficient (Wildman–Crippen LogP) is 0.564. The van der Waals surface area contributed by atoms with E-state index in [2.05, 4.69) is 0 Å². The standard InChI is InChI=1S/C10H10N4O/c1-10(2)9(14)7(5-13)8(15-10)6(3-11)4-12/h7,9H,14H2,1-2H3. The molecular weight excluding hydrogens is 192 g/mol.